The van der Waals surface area contributed by atoms with Gasteiger partial charge in [0, 0.05) is 60.6 Å². The summed E-state index contributed by atoms with van der Waals surface area (Å²) in [6.07, 6.45) is 1.26. The van der Waals surface area contributed by atoms with E-state index in [0.29, 0.717) is 16.8 Å². The van der Waals surface area contributed by atoms with Crippen molar-refractivity contribution in [3.05, 3.63) is 65.5 Å². The third-order valence-electron chi connectivity index (χ3n) is 7.80. The Labute approximate surface area is 207 Å². The number of alkyl halides is 3. The summed E-state index contributed by atoms with van der Waals surface area (Å²) in [6.45, 7) is 7.05. The Morgan fingerprint density at radius 1 is 1.08 bits per heavy atom. The second-order valence-electron chi connectivity index (χ2n) is 10.1. The SMILES string of the molecule is Cc1c(C(C)Nc2nn3ccnc3c3ccc(N4CC5(CCOCC5)C4)cc23)cccc1C(F)(F)F. The van der Waals surface area contributed by atoms with Crippen LogP contribution in [-0.4, -0.2) is 40.9 Å². The van der Waals surface area contributed by atoms with Gasteiger partial charge in [-0.25, -0.2) is 9.50 Å². The van der Waals surface area contributed by atoms with Gasteiger partial charge in [-0.2, -0.15) is 13.2 Å². The molecule has 2 aromatic heterocycles. The molecule has 0 saturated carbocycles. The van der Waals surface area contributed by atoms with Crippen molar-refractivity contribution < 1.29 is 17.9 Å². The predicted molar refractivity (Wildman–Crippen MR) is 133 cm³/mol. The minimum atomic E-state index is -4.39. The Kier molecular flexibility index (Phi) is 5.37. The third kappa shape index (κ3) is 3.86. The number of halogens is 3. The van der Waals surface area contributed by atoms with Crippen molar-refractivity contribution in [2.24, 2.45) is 5.41 Å². The van der Waals surface area contributed by atoms with Gasteiger partial charge in [-0.3, -0.25) is 0 Å². The Morgan fingerprint density at radius 3 is 2.61 bits per heavy atom. The summed E-state index contributed by atoms with van der Waals surface area (Å²) >= 11 is 0. The van der Waals surface area contributed by atoms with Crippen LogP contribution < -0.4 is 10.2 Å². The first-order valence-corrected chi connectivity index (χ1v) is 12.3. The van der Waals surface area contributed by atoms with Gasteiger partial charge >= 0.3 is 6.18 Å². The van der Waals surface area contributed by atoms with E-state index in [1.807, 2.05) is 6.92 Å². The van der Waals surface area contributed by atoms with Gasteiger partial charge in [-0.05, 0) is 62.1 Å². The highest BCUT2D eigenvalue weighted by atomic mass is 19.4. The van der Waals surface area contributed by atoms with E-state index >= 15 is 0 Å². The average molecular weight is 496 g/mol. The first-order valence-electron chi connectivity index (χ1n) is 12.3. The third-order valence-corrected chi connectivity index (χ3v) is 7.80. The zero-order valence-electron chi connectivity index (χ0n) is 20.3. The standard InChI is InChI=1S/C27H28F3N5O/c1-17-20(4-3-5-23(17)27(28,29)30)18(2)32-24-22-14-19(34-15-26(16-34)8-12-36-13-9-26)6-7-21(22)25-31-10-11-35(25)33-24/h3-7,10-11,14,18H,8-9,12-13,15-16H2,1-2H3,(H,32,33). The smallest absolute Gasteiger partial charge is 0.381 e. The van der Waals surface area contributed by atoms with Crippen LogP contribution in [0.4, 0.5) is 24.7 Å². The van der Waals surface area contributed by atoms with E-state index in [1.165, 1.54) is 13.0 Å². The first-order chi connectivity index (χ1) is 17.2. The second kappa shape index (κ2) is 8.37. The van der Waals surface area contributed by atoms with Crippen LogP contribution in [-0.2, 0) is 10.9 Å². The maximum atomic E-state index is 13.5. The fourth-order valence-corrected chi connectivity index (χ4v) is 5.74. The Morgan fingerprint density at radius 2 is 1.86 bits per heavy atom. The number of nitrogens with zero attached hydrogens (tertiary/aromatic N) is 4. The lowest BCUT2D eigenvalue weighted by molar-refractivity contribution is -0.138. The molecule has 188 valence electrons. The van der Waals surface area contributed by atoms with Crippen molar-refractivity contribution in [1.82, 2.24) is 14.6 Å². The van der Waals surface area contributed by atoms with Gasteiger partial charge in [0.05, 0.1) is 11.6 Å². The number of hydrogen-bond acceptors (Lipinski definition) is 5. The number of anilines is 2. The van der Waals surface area contributed by atoms with Crippen LogP contribution in [0.25, 0.3) is 16.4 Å². The summed E-state index contributed by atoms with van der Waals surface area (Å²) in [7, 11) is 0. The van der Waals surface area contributed by atoms with Gasteiger partial charge < -0.3 is 15.0 Å². The molecule has 0 aliphatic carbocycles. The normalized spacial score (nSPS) is 18.5. The lowest BCUT2D eigenvalue weighted by atomic mass is 9.73. The van der Waals surface area contributed by atoms with Crippen LogP contribution in [0, 0.1) is 12.3 Å². The molecule has 6 nitrogen and oxygen atoms in total. The monoisotopic (exact) mass is 495 g/mol. The van der Waals surface area contributed by atoms with Crippen LogP contribution in [0.2, 0.25) is 0 Å². The van der Waals surface area contributed by atoms with E-state index < -0.39 is 11.7 Å². The van der Waals surface area contributed by atoms with Crippen LogP contribution in [0.5, 0.6) is 0 Å². The summed E-state index contributed by atoms with van der Waals surface area (Å²) in [4.78, 5) is 6.85. The number of rotatable bonds is 4. The number of aromatic nitrogens is 3. The van der Waals surface area contributed by atoms with E-state index in [-0.39, 0.29) is 11.6 Å². The molecule has 0 radical (unpaired) electrons. The maximum Gasteiger partial charge on any atom is 0.416 e. The molecule has 1 N–H and O–H groups in total. The molecule has 2 aliphatic heterocycles. The van der Waals surface area contributed by atoms with Crippen molar-refractivity contribution in [2.75, 3.05) is 36.5 Å². The molecule has 2 aromatic carbocycles. The zero-order valence-corrected chi connectivity index (χ0v) is 20.3. The Bertz CT molecular complexity index is 1430. The van der Waals surface area contributed by atoms with Crippen molar-refractivity contribution >= 4 is 27.9 Å². The van der Waals surface area contributed by atoms with Crippen molar-refractivity contribution in [1.29, 1.82) is 0 Å². The van der Waals surface area contributed by atoms with Crippen LogP contribution in [0.1, 0.15) is 42.5 Å². The van der Waals surface area contributed by atoms with Crippen molar-refractivity contribution in [3.63, 3.8) is 0 Å². The number of hydrogen-bond donors (Lipinski definition) is 1. The lowest BCUT2D eigenvalue weighted by Crippen LogP contribution is -2.58. The van der Waals surface area contributed by atoms with Crippen molar-refractivity contribution in [3.8, 4) is 0 Å². The van der Waals surface area contributed by atoms with E-state index in [4.69, 9.17) is 9.84 Å². The highest BCUT2D eigenvalue weighted by Crippen LogP contribution is 2.43. The fraction of sp³-hybridized carbons (Fsp3) is 0.407. The molecular weight excluding hydrogens is 467 g/mol. The van der Waals surface area contributed by atoms with Gasteiger partial charge in [0.25, 0.3) is 0 Å². The van der Waals surface area contributed by atoms with Gasteiger partial charge in [0.15, 0.2) is 11.5 Å². The molecule has 1 spiro atoms. The molecular formula is C27H28F3N5O. The van der Waals surface area contributed by atoms with Gasteiger partial charge in [0.1, 0.15) is 0 Å². The summed E-state index contributed by atoms with van der Waals surface area (Å²) in [5.74, 6) is 0.614. The zero-order chi connectivity index (χ0) is 25.1. The molecule has 6 rings (SSSR count). The Hall–Kier alpha value is -3.33. The van der Waals surface area contributed by atoms with Gasteiger partial charge in [-0.15, -0.1) is 5.10 Å². The molecule has 2 saturated heterocycles. The predicted octanol–water partition coefficient (Wildman–Crippen LogP) is 6.00. The minimum Gasteiger partial charge on any atom is -0.381 e. The molecule has 36 heavy (non-hydrogen) atoms. The number of nitrogens with one attached hydrogen (secondary N) is 1. The lowest BCUT2D eigenvalue weighted by Gasteiger charge is -2.53. The van der Waals surface area contributed by atoms with Crippen LogP contribution >= 0.6 is 0 Å². The molecule has 1 atom stereocenters. The minimum absolute atomic E-state index is 0.223. The van der Waals surface area contributed by atoms with E-state index in [1.54, 1.807) is 23.0 Å². The number of ether oxygens (including phenoxy) is 1. The average Bonchev–Trinajstić information content (AvgIpc) is 3.31. The van der Waals surface area contributed by atoms with E-state index in [0.717, 1.165) is 67.3 Å². The molecule has 1 unspecified atom stereocenters. The summed E-state index contributed by atoms with van der Waals surface area (Å²) < 4.78 is 47.8. The second-order valence-corrected chi connectivity index (χ2v) is 10.1. The molecule has 0 bridgehead atoms. The van der Waals surface area contributed by atoms with Gasteiger partial charge in [-0.1, -0.05) is 12.1 Å². The summed E-state index contributed by atoms with van der Waals surface area (Å²) in [6, 6.07) is 10.2. The summed E-state index contributed by atoms with van der Waals surface area (Å²) in [5, 5.41) is 9.98. The Balaban J connectivity index is 1.36. The highest BCUT2D eigenvalue weighted by molar-refractivity contribution is 6.01. The quantitative estimate of drug-likeness (QED) is 0.376. The molecule has 9 heteroatoms. The van der Waals surface area contributed by atoms with Crippen molar-refractivity contribution in [2.45, 2.75) is 38.9 Å². The fourth-order valence-electron chi connectivity index (χ4n) is 5.74. The number of fused-ring (bicyclic) bond motifs is 3. The number of benzene rings is 2. The molecule has 4 heterocycles. The number of imidazole rings is 1. The molecule has 0 amide bonds. The van der Waals surface area contributed by atoms with E-state index in [2.05, 4.69) is 33.4 Å². The maximum absolute atomic E-state index is 13.5. The van der Waals surface area contributed by atoms with Gasteiger partial charge in [0.2, 0.25) is 0 Å². The molecule has 4 aromatic rings. The molecule has 2 fully saturated rings. The van der Waals surface area contributed by atoms with Crippen LogP contribution in [0.15, 0.2) is 48.8 Å². The molecule has 2 aliphatic rings. The first kappa shape index (κ1) is 23.1. The van der Waals surface area contributed by atoms with Crippen LogP contribution in [0.3, 0.4) is 0 Å². The van der Waals surface area contributed by atoms with E-state index in [9.17, 15) is 13.2 Å². The summed E-state index contributed by atoms with van der Waals surface area (Å²) in [5.41, 5.74) is 2.40. The highest BCUT2D eigenvalue weighted by Gasteiger charge is 2.44. The topological polar surface area (TPSA) is 54.7 Å². The largest absolute Gasteiger partial charge is 0.416 e.